The normalized spacial score (nSPS) is 23.8. The highest BCUT2D eigenvalue weighted by molar-refractivity contribution is 8.13. The van der Waals surface area contributed by atoms with E-state index >= 15 is 0 Å². The minimum atomic E-state index is -0.382. The molecule has 0 aliphatic carbocycles. The van der Waals surface area contributed by atoms with Gasteiger partial charge in [0.05, 0.1) is 17.7 Å². The van der Waals surface area contributed by atoms with E-state index in [-0.39, 0.29) is 5.54 Å². The van der Waals surface area contributed by atoms with E-state index < -0.39 is 0 Å². The molecule has 2 unspecified atom stereocenters. The molecule has 1 aromatic heterocycles. The third kappa shape index (κ3) is 2.86. The predicted octanol–water partition coefficient (Wildman–Crippen LogP) is 4.05. The van der Waals surface area contributed by atoms with Crippen LogP contribution in [0.15, 0.2) is 53.8 Å². The van der Waals surface area contributed by atoms with E-state index in [1.807, 2.05) is 36.4 Å². The number of anilines is 2. The molecule has 0 bridgehead atoms. The number of benzene rings is 2. The minimum absolute atomic E-state index is 0.382. The van der Waals surface area contributed by atoms with Crippen LogP contribution in [0.2, 0.25) is 0 Å². The van der Waals surface area contributed by atoms with Gasteiger partial charge in [0.2, 0.25) is 0 Å². The maximum atomic E-state index is 6.10. The van der Waals surface area contributed by atoms with Gasteiger partial charge in [0.25, 0.3) is 0 Å². The van der Waals surface area contributed by atoms with Crippen molar-refractivity contribution in [3.63, 3.8) is 0 Å². The molecule has 5 rings (SSSR count). The highest BCUT2D eigenvalue weighted by atomic mass is 32.2. The summed E-state index contributed by atoms with van der Waals surface area (Å²) in [5, 5.41) is 5.08. The summed E-state index contributed by atoms with van der Waals surface area (Å²) in [5.41, 5.74) is 8.64. The van der Waals surface area contributed by atoms with E-state index in [1.165, 1.54) is 0 Å². The van der Waals surface area contributed by atoms with Crippen LogP contribution >= 0.6 is 11.8 Å². The number of aromatic nitrogens is 2. The summed E-state index contributed by atoms with van der Waals surface area (Å²) in [7, 11) is 0. The molecule has 0 spiro atoms. The van der Waals surface area contributed by atoms with Gasteiger partial charge in [-0.05, 0) is 43.7 Å². The number of fused-ring (bicyclic) bond motifs is 4. The van der Waals surface area contributed by atoms with Crippen LogP contribution in [0.1, 0.15) is 18.9 Å². The Balaban J connectivity index is 1.58. The van der Waals surface area contributed by atoms with E-state index in [4.69, 9.17) is 15.5 Å². The summed E-state index contributed by atoms with van der Waals surface area (Å²) in [6, 6.07) is 14.1. The van der Waals surface area contributed by atoms with Crippen molar-refractivity contribution >= 4 is 39.3 Å². The van der Waals surface area contributed by atoms with Crippen molar-refractivity contribution in [3.8, 4) is 5.75 Å². The molecule has 2 aromatic carbocycles. The standard InChI is InChI=1S/C21H21N5OS/c1-21-13(11-28-20(22)26-21)8-9-27-18-7-6-14(10-16(18)21)25-19-15-4-2-3-5-17(15)23-12-24-19/h2-7,10,12-13H,8-9,11H2,1H3,(H2,22,26)(H,23,24,25). The molecule has 3 N–H and O–H groups in total. The van der Waals surface area contributed by atoms with Crippen LogP contribution in [0, 0.1) is 5.92 Å². The third-order valence-electron chi connectivity index (χ3n) is 5.62. The monoisotopic (exact) mass is 391 g/mol. The fraction of sp³-hybridized carbons (Fsp3) is 0.286. The summed E-state index contributed by atoms with van der Waals surface area (Å²) in [6.07, 6.45) is 2.55. The summed E-state index contributed by atoms with van der Waals surface area (Å²) < 4.78 is 6.04. The third-order valence-corrected chi connectivity index (χ3v) is 6.58. The number of thioether (sulfide) groups is 1. The van der Waals surface area contributed by atoms with E-state index in [0.717, 1.165) is 45.9 Å². The number of hydrogen-bond donors (Lipinski definition) is 2. The van der Waals surface area contributed by atoms with Gasteiger partial charge in [-0.1, -0.05) is 23.9 Å². The molecule has 0 saturated carbocycles. The van der Waals surface area contributed by atoms with Crippen molar-refractivity contribution in [1.82, 2.24) is 9.97 Å². The zero-order valence-corrected chi connectivity index (χ0v) is 16.4. The molecule has 0 amide bonds. The Morgan fingerprint density at radius 2 is 2.11 bits per heavy atom. The van der Waals surface area contributed by atoms with E-state index in [2.05, 4.69) is 28.3 Å². The SMILES string of the molecule is CC12N=C(N)SCC1CCOc1ccc(Nc3ncnc4ccccc34)cc12. The van der Waals surface area contributed by atoms with Crippen LogP contribution in [0.25, 0.3) is 10.9 Å². The number of nitrogens with one attached hydrogen (secondary N) is 1. The van der Waals surface area contributed by atoms with E-state index in [1.54, 1.807) is 18.1 Å². The second kappa shape index (κ2) is 6.67. The van der Waals surface area contributed by atoms with Gasteiger partial charge in [-0.2, -0.15) is 0 Å². The van der Waals surface area contributed by atoms with Crippen molar-refractivity contribution in [2.24, 2.45) is 16.6 Å². The van der Waals surface area contributed by atoms with Gasteiger partial charge in [0.15, 0.2) is 5.17 Å². The number of amidine groups is 1. The lowest BCUT2D eigenvalue weighted by Gasteiger charge is -2.36. The number of rotatable bonds is 2. The van der Waals surface area contributed by atoms with Crippen molar-refractivity contribution in [2.45, 2.75) is 18.9 Å². The minimum Gasteiger partial charge on any atom is -0.493 e. The van der Waals surface area contributed by atoms with Gasteiger partial charge >= 0.3 is 0 Å². The number of nitrogens with zero attached hydrogens (tertiary/aromatic N) is 3. The number of ether oxygens (including phenoxy) is 1. The van der Waals surface area contributed by atoms with Gasteiger partial charge in [0, 0.05) is 28.3 Å². The summed E-state index contributed by atoms with van der Waals surface area (Å²) in [5.74, 6) is 3.01. The van der Waals surface area contributed by atoms with E-state index in [0.29, 0.717) is 17.7 Å². The maximum absolute atomic E-state index is 6.10. The lowest BCUT2D eigenvalue weighted by atomic mass is 9.79. The van der Waals surface area contributed by atoms with Gasteiger partial charge in [0.1, 0.15) is 17.9 Å². The van der Waals surface area contributed by atoms with Crippen molar-refractivity contribution in [1.29, 1.82) is 0 Å². The molecule has 2 aliphatic heterocycles. The van der Waals surface area contributed by atoms with Gasteiger partial charge in [-0.3, -0.25) is 4.99 Å². The molecule has 0 fully saturated rings. The molecule has 7 heteroatoms. The highest BCUT2D eigenvalue weighted by Crippen LogP contribution is 2.47. The number of aliphatic imine (C=N–C) groups is 1. The number of para-hydroxylation sites is 1. The Bertz CT molecular complexity index is 1080. The average molecular weight is 392 g/mol. The molecule has 6 nitrogen and oxygen atoms in total. The molecule has 28 heavy (non-hydrogen) atoms. The predicted molar refractivity (Wildman–Crippen MR) is 114 cm³/mol. The Labute approximate surface area is 167 Å². The second-order valence-electron chi connectivity index (χ2n) is 7.32. The van der Waals surface area contributed by atoms with Crippen LogP contribution in [0.5, 0.6) is 5.75 Å². The smallest absolute Gasteiger partial charge is 0.154 e. The number of nitrogens with two attached hydrogens (primary N) is 1. The first-order valence-electron chi connectivity index (χ1n) is 9.36. The van der Waals surface area contributed by atoms with Gasteiger partial charge in [-0.15, -0.1) is 0 Å². The Morgan fingerprint density at radius 1 is 1.21 bits per heavy atom. The summed E-state index contributed by atoms with van der Waals surface area (Å²) in [4.78, 5) is 13.6. The molecule has 142 valence electrons. The molecule has 0 radical (unpaired) electrons. The molecule has 3 aromatic rings. The van der Waals surface area contributed by atoms with Crippen molar-refractivity contribution in [3.05, 3.63) is 54.4 Å². The molecular weight excluding hydrogens is 370 g/mol. The second-order valence-corrected chi connectivity index (χ2v) is 8.36. The van der Waals surface area contributed by atoms with Crippen LogP contribution < -0.4 is 15.8 Å². The van der Waals surface area contributed by atoms with Crippen molar-refractivity contribution in [2.75, 3.05) is 17.7 Å². The topological polar surface area (TPSA) is 85.4 Å². The molecule has 0 saturated heterocycles. The quantitative estimate of drug-likeness (QED) is 0.685. The summed E-state index contributed by atoms with van der Waals surface area (Å²) in [6.45, 7) is 2.87. The Kier molecular flexibility index (Phi) is 4.12. The first-order valence-corrected chi connectivity index (χ1v) is 10.3. The summed E-state index contributed by atoms with van der Waals surface area (Å²) >= 11 is 1.63. The molecule has 3 heterocycles. The fourth-order valence-corrected chi connectivity index (χ4v) is 5.14. The van der Waals surface area contributed by atoms with Crippen LogP contribution in [-0.2, 0) is 5.54 Å². The van der Waals surface area contributed by atoms with Gasteiger partial charge < -0.3 is 15.8 Å². The Morgan fingerprint density at radius 3 is 3.04 bits per heavy atom. The van der Waals surface area contributed by atoms with Gasteiger partial charge in [-0.25, -0.2) is 9.97 Å². The lowest BCUT2D eigenvalue weighted by molar-refractivity contribution is 0.271. The molecular formula is C21H21N5OS. The zero-order chi connectivity index (χ0) is 19.1. The molecule has 2 atom stereocenters. The maximum Gasteiger partial charge on any atom is 0.154 e. The average Bonchev–Trinajstić information content (AvgIpc) is 2.84. The van der Waals surface area contributed by atoms with Crippen LogP contribution in [0.4, 0.5) is 11.5 Å². The van der Waals surface area contributed by atoms with Crippen molar-refractivity contribution < 1.29 is 4.74 Å². The van der Waals surface area contributed by atoms with Crippen LogP contribution in [0.3, 0.4) is 0 Å². The zero-order valence-electron chi connectivity index (χ0n) is 15.6. The van der Waals surface area contributed by atoms with Crippen LogP contribution in [-0.4, -0.2) is 27.5 Å². The first-order chi connectivity index (χ1) is 13.6. The van der Waals surface area contributed by atoms with E-state index in [9.17, 15) is 0 Å². The largest absolute Gasteiger partial charge is 0.493 e. The highest BCUT2D eigenvalue weighted by Gasteiger charge is 2.42. The number of hydrogen-bond acceptors (Lipinski definition) is 7. The first kappa shape index (κ1) is 17.3. The Hall–Kier alpha value is -2.80. The fourth-order valence-electron chi connectivity index (χ4n) is 4.03. The molecule has 2 aliphatic rings. The lowest BCUT2D eigenvalue weighted by Crippen LogP contribution is -2.37.